The van der Waals surface area contributed by atoms with E-state index in [1.54, 1.807) is 31.2 Å². The van der Waals surface area contributed by atoms with E-state index in [4.69, 9.17) is 0 Å². The van der Waals surface area contributed by atoms with Gasteiger partial charge in [0.25, 0.3) is 5.91 Å². The van der Waals surface area contributed by atoms with Crippen molar-refractivity contribution in [2.45, 2.75) is 26.8 Å². The van der Waals surface area contributed by atoms with E-state index in [0.717, 1.165) is 16.7 Å². The van der Waals surface area contributed by atoms with Gasteiger partial charge in [-0.05, 0) is 50.6 Å². The summed E-state index contributed by atoms with van der Waals surface area (Å²) in [6.07, 6.45) is 0. The summed E-state index contributed by atoms with van der Waals surface area (Å²) in [4.78, 5) is 24.1. The Morgan fingerprint density at radius 2 is 1.62 bits per heavy atom. The third-order valence-electron chi connectivity index (χ3n) is 3.64. The van der Waals surface area contributed by atoms with Crippen LogP contribution in [0.4, 0.5) is 4.39 Å². The Labute approximate surface area is 141 Å². The van der Waals surface area contributed by atoms with Gasteiger partial charge >= 0.3 is 0 Å². The lowest BCUT2D eigenvalue weighted by molar-refractivity contribution is -0.120. The summed E-state index contributed by atoms with van der Waals surface area (Å²) in [5.41, 5.74) is 3.32. The third kappa shape index (κ3) is 4.91. The number of aryl methyl sites for hydroxylation is 2. The SMILES string of the molecule is Cc1cc(C)cc(C(=O)NCC(=O)N[C@@H](C)c2ccc(F)cc2)c1. The van der Waals surface area contributed by atoms with Crippen LogP contribution in [0.15, 0.2) is 42.5 Å². The molecule has 0 radical (unpaired) electrons. The second-order valence-corrected chi connectivity index (χ2v) is 5.90. The van der Waals surface area contributed by atoms with Gasteiger partial charge in [0.1, 0.15) is 5.82 Å². The Morgan fingerprint density at radius 3 is 2.21 bits per heavy atom. The molecule has 0 saturated carbocycles. The number of halogens is 1. The van der Waals surface area contributed by atoms with Gasteiger partial charge in [0.2, 0.25) is 5.91 Å². The lowest BCUT2D eigenvalue weighted by Crippen LogP contribution is -2.38. The van der Waals surface area contributed by atoms with E-state index in [1.165, 1.54) is 12.1 Å². The maximum atomic E-state index is 12.9. The van der Waals surface area contributed by atoms with Gasteiger partial charge in [0, 0.05) is 5.56 Å². The molecule has 0 heterocycles. The number of nitrogens with one attached hydrogen (secondary N) is 2. The normalized spacial score (nSPS) is 11.7. The minimum atomic E-state index is -0.321. The molecule has 2 aromatic carbocycles. The molecule has 2 amide bonds. The zero-order valence-electron chi connectivity index (χ0n) is 14.0. The number of carbonyl (C=O) groups is 2. The monoisotopic (exact) mass is 328 g/mol. The third-order valence-corrected chi connectivity index (χ3v) is 3.64. The maximum absolute atomic E-state index is 12.9. The van der Waals surface area contributed by atoms with E-state index in [0.29, 0.717) is 5.56 Å². The summed E-state index contributed by atoms with van der Waals surface area (Å²) in [6.45, 7) is 5.52. The van der Waals surface area contributed by atoms with Crippen molar-refractivity contribution in [3.05, 3.63) is 70.5 Å². The van der Waals surface area contributed by atoms with Gasteiger partial charge in [-0.25, -0.2) is 4.39 Å². The summed E-state index contributed by atoms with van der Waals surface area (Å²) >= 11 is 0. The van der Waals surface area contributed by atoms with Crippen molar-refractivity contribution in [3.63, 3.8) is 0 Å². The molecule has 126 valence electrons. The van der Waals surface area contributed by atoms with E-state index in [1.807, 2.05) is 19.9 Å². The van der Waals surface area contributed by atoms with Gasteiger partial charge in [-0.15, -0.1) is 0 Å². The van der Waals surface area contributed by atoms with Gasteiger partial charge in [-0.2, -0.15) is 0 Å². The number of carbonyl (C=O) groups excluding carboxylic acids is 2. The van der Waals surface area contributed by atoms with Crippen LogP contribution in [0.25, 0.3) is 0 Å². The Balaban J connectivity index is 1.88. The first kappa shape index (κ1) is 17.7. The molecule has 4 nitrogen and oxygen atoms in total. The topological polar surface area (TPSA) is 58.2 Å². The van der Waals surface area contributed by atoms with Crippen LogP contribution in [-0.2, 0) is 4.79 Å². The lowest BCUT2D eigenvalue weighted by atomic mass is 10.1. The molecule has 2 aromatic rings. The van der Waals surface area contributed by atoms with E-state index >= 15 is 0 Å². The highest BCUT2D eigenvalue weighted by Crippen LogP contribution is 2.12. The van der Waals surface area contributed by atoms with Crippen molar-refractivity contribution in [1.82, 2.24) is 10.6 Å². The van der Waals surface area contributed by atoms with Crippen LogP contribution < -0.4 is 10.6 Å². The Kier molecular flexibility index (Phi) is 5.68. The molecule has 2 rings (SSSR count). The Morgan fingerprint density at radius 1 is 1.04 bits per heavy atom. The van der Waals surface area contributed by atoms with Crippen LogP contribution in [0.2, 0.25) is 0 Å². The van der Waals surface area contributed by atoms with Gasteiger partial charge in [-0.1, -0.05) is 29.3 Å². The molecule has 0 spiro atoms. The van der Waals surface area contributed by atoms with E-state index in [2.05, 4.69) is 10.6 Å². The number of benzene rings is 2. The van der Waals surface area contributed by atoms with E-state index in [9.17, 15) is 14.0 Å². The van der Waals surface area contributed by atoms with Crippen molar-refractivity contribution in [1.29, 1.82) is 0 Å². The fourth-order valence-electron chi connectivity index (χ4n) is 2.50. The van der Waals surface area contributed by atoms with Crippen LogP contribution in [-0.4, -0.2) is 18.4 Å². The fourth-order valence-corrected chi connectivity index (χ4v) is 2.50. The quantitative estimate of drug-likeness (QED) is 0.886. The largest absolute Gasteiger partial charge is 0.348 e. The molecule has 0 unspecified atom stereocenters. The summed E-state index contributed by atoms with van der Waals surface area (Å²) < 4.78 is 12.9. The van der Waals surface area contributed by atoms with Crippen molar-refractivity contribution in [2.24, 2.45) is 0 Å². The molecule has 0 aliphatic heterocycles. The van der Waals surface area contributed by atoms with Crippen molar-refractivity contribution < 1.29 is 14.0 Å². The molecule has 0 aliphatic rings. The molecule has 24 heavy (non-hydrogen) atoms. The predicted molar refractivity (Wildman–Crippen MR) is 91.2 cm³/mol. The minimum absolute atomic E-state index is 0.114. The predicted octanol–water partition coefficient (Wildman–Crippen LogP) is 3.05. The molecular formula is C19H21FN2O2. The van der Waals surface area contributed by atoms with Crippen molar-refractivity contribution >= 4 is 11.8 Å². The maximum Gasteiger partial charge on any atom is 0.251 e. The summed E-state index contributed by atoms with van der Waals surface area (Å²) in [5.74, 6) is -0.908. The molecule has 1 atom stereocenters. The zero-order valence-corrected chi connectivity index (χ0v) is 14.0. The van der Waals surface area contributed by atoms with Crippen molar-refractivity contribution in [2.75, 3.05) is 6.54 Å². The van der Waals surface area contributed by atoms with E-state index in [-0.39, 0.29) is 30.2 Å². The summed E-state index contributed by atoms with van der Waals surface area (Å²) in [7, 11) is 0. The van der Waals surface area contributed by atoms with Gasteiger partial charge in [0.05, 0.1) is 12.6 Å². The number of rotatable bonds is 5. The number of hydrogen-bond donors (Lipinski definition) is 2. The van der Waals surface area contributed by atoms with Gasteiger partial charge in [-0.3, -0.25) is 9.59 Å². The second kappa shape index (κ2) is 7.73. The average molecular weight is 328 g/mol. The first-order chi connectivity index (χ1) is 11.3. The second-order valence-electron chi connectivity index (χ2n) is 5.90. The van der Waals surface area contributed by atoms with Crippen LogP contribution in [0.1, 0.15) is 40.0 Å². The number of hydrogen-bond acceptors (Lipinski definition) is 2. The van der Waals surface area contributed by atoms with Crippen LogP contribution in [0.3, 0.4) is 0 Å². The van der Waals surface area contributed by atoms with Crippen LogP contribution >= 0.6 is 0 Å². The smallest absolute Gasteiger partial charge is 0.251 e. The molecule has 0 bridgehead atoms. The molecule has 0 aromatic heterocycles. The number of amides is 2. The highest BCUT2D eigenvalue weighted by molar-refractivity contribution is 5.96. The van der Waals surface area contributed by atoms with E-state index < -0.39 is 0 Å². The lowest BCUT2D eigenvalue weighted by Gasteiger charge is -2.15. The standard InChI is InChI=1S/C19H21FN2O2/c1-12-8-13(2)10-16(9-12)19(24)21-11-18(23)22-14(3)15-4-6-17(20)7-5-15/h4-10,14H,11H2,1-3H3,(H,21,24)(H,22,23)/t14-/m0/s1. The fraction of sp³-hybridized carbons (Fsp3) is 0.263. The van der Waals surface area contributed by atoms with Gasteiger partial charge in [0.15, 0.2) is 0 Å². The first-order valence-electron chi connectivity index (χ1n) is 7.76. The highest BCUT2D eigenvalue weighted by Gasteiger charge is 2.12. The summed E-state index contributed by atoms with van der Waals surface area (Å²) in [5, 5.41) is 5.38. The van der Waals surface area contributed by atoms with Gasteiger partial charge < -0.3 is 10.6 Å². The minimum Gasteiger partial charge on any atom is -0.348 e. The Bertz CT molecular complexity index is 721. The molecular weight excluding hydrogens is 307 g/mol. The Hall–Kier alpha value is -2.69. The molecule has 5 heteroatoms. The van der Waals surface area contributed by atoms with Crippen LogP contribution in [0.5, 0.6) is 0 Å². The summed E-state index contributed by atoms with van der Waals surface area (Å²) in [6, 6.07) is 11.2. The molecule has 2 N–H and O–H groups in total. The average Bonchev–Trinajstić information content (AvgIpc) is 2.52. The molecule has 0 saturated heterocycles. The highest BCUT2D eigenvalue weighted by atomic mass is 19.1. The molecule has 0 fully saturated rings. The molecule has 0 aliphatic carbocycles. The van der Waals surface area contributed by atoms with Crippen molar-refractivity contribution in [3.8, 4) is 0 Å². The first-order valence-corrected chi connectivity index (χ1v) is 7.76. The van der Waals surface area contributed by atoms with Crippen LogP contribution in [0, 0.1) is 19.7 Å². The zero-order chi connectivity index (χ0) is 17.7.